The highest BCUT2D eigenvalue weighted by atomic mass is 32.1. The molecular formula is C15H21N3S. The molecule has 3 nitrogen and oxygen atoms in total. The van der Waals surface area contributed by atoms with E-state index in [2.05, 4.69) is 60.6 Å². The maximum Gasteiger partial charge on any atom is 0.121 e. The third kappa shape index (κ3) is 5.09. The molecule has 0 saturated heterocycles. The zero-order valence-corrected chi connectivity index (χ0v) is 12.6. The lowest BCUT2D eigenvalue weighted by Gasteiger charge is -2.19. The van der Waals surface area contributed by atoms with Gasteiger partial charge in [-0.05, 0) is 26.3 Å². The van der Waals surface area contributed by atoms with Crippen molar-refractivity contribution in [1.82, 2.24) is 15.5 Å². The number of rotatable bonds is 5. The van der Waals surface area contributed by atoms with E-state index in [0.29, 0.717) is 0 Å². The Balaban J connectivity index is 1.86. The first kappa shape index (κ1) is 14.2. The molecule has 0 aliphatic heterocycles. The molecule has 1 N–H and O–H groups in total. The van der Waals surface area contributed by atoms with Crippen LogP contribution in [0.15, 0.2) is 30.3 Å². The van der Waals surface area contributed by atoms with Gasteiger partial charge in [-0.25, -0.2) is 0 Å². The Morgan fingerprint density at radius 2 is 1.74 bits per heavy atom. The minimum atomic E-state index is 0.164. The van der Waals surface area contributed by atoms with E-state index in [1.807, 2.05) is 6.07 Å². The predicted molar refractivity (Wildman–Crippen MR) is 80.6 cm³/mol. The Morgan fingerprint density at radius 3 is 2.42 bits per heavy atom. The number of nitrogens with one attached hydrogen (secondary N) is 1. The molecule has 0 aliphatic rings. The molecule has 0 saturated carbocycles. The first-order valence-corrected chi connectivity index (χ1v) is 7.45. The van der Waals surface area contributed by atoms with Crippen LogP contribution in [0.25, 0.3) is 0 Å². The van der Waals surface area contributed by atoms with Crippen molar-refractivity contribution in [2.24, 2.45) is 0 Å². The molecule has 2 aromatic rings. The lowest BCUT2D eigenvalue weighted by Crippen LogP contribution is -2.37. The molecule has 0 bridgehead atoms. The first-order chi connectivity index (χ1) is 9.03. The molecule has 1 aromatic carbocycles. The van der Waals surface area contributed by atoms with Gasteiger partial charge >= 0.3 is 0 Å². The fraction of sp³-hybridized carbons (Fsp3) is 0.467. The van der Waals surface area contributed by atoms with Crippen molar-refractivity contribution >= 4 is 11.3 Å². The van der Waals surface area contributed by atoms with Crippen LogP contribution in [0.5, 0.6) is 0 Å². The predicted octanol–water partition coefficient (Wildman–Crippen LogP) is 3.06. The topological polar surface area (TPSA) is 37.8 Å². The van der Waals surface area contributed by atoms with Crippen molar-refractivity contribution in [3.8, 4) is 0 Å². The summed E-state index contributed by atoms with van der Waals surface area (Å²) in [6, 6.07) is 10.4. The van der Waals surface area contributed by atoms with Crippen LogP contribution in [0.3, 0.4) is 0 Å². The molecule has 19 heavy (non-hydrogen) atoms. The minimum absolute atomic E-state index is 0.164. The average molecular weight is 275 g/mol. The highest BCUT2D eigenvalue weighted by molar-refractivity contribution is 7.11. The van der Waals surface area contributed by atoms with Gasteiger partial charge in [0, 0.05) is 24.9 Å². The summed E-state index contributed by atoms with van der Waals surface area (Å²) in [5.74, 6) is 0. The molecule has 0 aliphatic carbocycles. The molecular weight excluding hydrogens is 254 g/mol. The van der Waals surface area contributed by atoms with E-state index in [-0.39, 0.29) is 5.54 Å². The minimum Gasteiger partial charge on any atom is -0.312 e. The van der Waals surface area contributed by atoms with Crippen molar-refractivity contribution in [1.29, 1.82) is 0 Å². The quantitative estimate of drug-likeness (QED) is 0.911. The van der Waals surface area contributed by atoms with Crippen LogP contribution in [0.4, 0.5) is 0 Å². The molecule has 1 aromatic heterocycles. The van der Waals surface area contributed by atoms with Crippen LogP contribution < -0.4 is 5.32 Å². The SMILES string of the molecule is CC(C)(C)NCCc1nnc(Cc2ccccc2)s1. The summed E-state index contributed by atoms with van der Waals surface area (Å²) in [6.07, 6.45) is 1.83. The van der Waals surface area contributed by atoms with Crippen LogP contribution in [-0.2, 0) is 12.8 Å². The largest absolute Gasteiger partial charge is 0.312 e. The molecule has 4 heteroatoms. The van der Waals surface area contributed by atoms with E-state index in [9.17, 15) is 0 Å². The van der Waals surface area contributed by atoms with Gasteiger partial charge in [0.2, 0.25) is 0 Å². The molecule has 0 amide bonds. The lowest BCUT2D eigenvalue weighted by molar-refractivity contribution is 0.429. The van der Waals surface area contributed by atoms with Crippen molar-refractivity contribution < 1.29 is 0 Å². The van der Waals surface area contributed by atoms with Crippen molar-refractivity contribution in [3.05, 3.63) is 45.9 Å². The third-order valence-electron chi connectivity index (χ3n) is 2.70. The normalized spacial score (nSPS) is 11.7. The van der Waals surface area contributed by atoms with Gasteiger partial charge < -0.3 is 5.32 Å². The van der Waals surface area contributed by atoms with Crippen LogP contribution in [0.1, 0.15) is 36.3 Å². The standard InChI is InChI=1S/C15H21N3S/c1-15(2,3)16-10-9-13-17-18-14(19-13)11-12-7-5-4-6-8-12/h4-8,16H,9-11H2,1-3H3. The van der Waals surface area contributed by atoms with Gasteiger partial charge in [0.05, 0.1) is 0 Å². The second-order valence-corrected chi connectivity index (χ2v) is 6.83. The first-order valence-electron chi connectivity index (χ1n) is 6.63. The van der Waals surface area contributed by atoms with Gasteiger partial charge in [-0.1, -0.05) is 30.3 Å². The molecule has 102 valence electrons. The Bertz CT molecular complexity index is 500. The maximum atomic E-state index is 4.27. The van der Waals surface area contributed by atoms with E-state index in [0.717, 1.165) is 29.4 Å². The van der Waals surface area contributed by atoms with E-state index in [4.69, 9.17) is 0 Å². The van der Waals surface area contributed by atoms with Crippen molar-refractivity contribution in [3.63, 3.8) is 0 Å². The lowest BCUT2D eigenvalue weighted by atomic mass is 10.1. The van der Waals surface area contributed by atoms with Gasteiger partial charge in [0.15, 0.2) is 0 Å². The molecule has 2 rings (SSSR count). The third-order valence-corrected chi connectivity index (χ3v) is 3.68. The number of aromatic nitrogens is 2. The van der Waals surface area contributed by atoms with E-state index in [1.165, 1.54) is 5.56 Å². The molecule has 0 radical (unpaired) electrons. The second kappa shape index (κ2) is 6.26. The van der Waals surface area contributed by atoms with E-state index < -0.39 is 0 Å². The van der Waals surface area contributed by atoms with E-state index in [1.54, 1.807) is 11.3 Å². The number of nitrogens with zero attached hydrogens (tertiary/aromatic N) is 2. The summed E-state index contributed by atoms with van der Waals surface area (Å²) >= 11 is 1.72. The van der Waals surface area contributed by atoms with Crippen molar-refractivity contribution in [2.45, 2.75) is 39.2 Å². The maximum absolute atomic E-state index is 4.27. The van der Waals surface area contributed by atoms with Crippen LogP contribution >= 0.6 is 11.3 Å². The van der Waals surface area contributed by atoms with Gasteiger partial charge in [0.25, 0.3) is 0 Å². The molecule has 0 fully saturated rings. The van der Waals surface area contributed by atoms with Gasteiger partial charge in [-0.2, -0.15) is 0 Å². The zero-order valence-electron chi connectivity index (χ0n) is 11.8. The second-order valence-electron chi connectivity index (χ2n) is 5.68. The Morgan fingerprint density at radius 1 is 1.05 bits per heavy atom. The Kier molecular flexibility index (Phi) is 4.66. The fourth-order valence-corrected chi connectivity index (χ4v) is 2.65. The van der Waals surface area contributed by atoms with Crippen molar-refractivity contribution in [2.75, 3.05) is 6.54 Å². The molecule has 0 spiro atoms. The van der Waals surface area contributed by atoms with Crippen LogP contribution in [0.2, 0.25) is 0 Å². The van der Waals surface area contributed by atoms with Gasteiger partial charge in [-0.15, -0.1) is 21.5 Å². The fourth-order valence-electron chi connectivity index (χ4n) is 1.78. The van der Waals surface area contributed by atoms with Gasteiger partial charge in [-0.3, -0.25) is 0 Å². The van der Waals surface area contributed by atoms with E-state index >= 15 is 0 Å². The summed E-state index contributed by atoms with van der Waals surface area (Å²) in [4.78, 5) is 0. The summed E-state index contributed by atoms with van der Waals surface area (Å²) < 4.78 is 0. The summed E-state index contributed by atoms with van der Waals surface area (Å²) in [7, 11) is 0. The summed E-state index contributed by atoms with van der Waals surface area (Å²) in [5, 5.41) is 14.2. The highest BCUT2D eigenvalue weighted by Crippen LogP contribution is 2.15. The van der Waals surface area contributed by atoms with Crippen LogP contribution in [0, 0.1) is 0 Å². The monoisotopic (exact) mass is 275 g/mol. The molecule has 1 heterocycles. The highest BCUT2D eigenvalue weighted by Gasteiger charge is 2.09. The van der Waals surface area contributed by atoms with Gasteiger partial charge in [0.1, 0.15) is 10.0 Å². The number of hydrogen-bond acceptors (Lipinski definition) is 4. The molecule has 0 unspecified atom stereocenters. The summed E-state index contributed by atoms with van der Waals surface area (Å²) in [6.45, 7) is 7.47. The number of hydrogen-bond donors (Lipinski definition) is 1. The number of benzene rings is 1. The average Bonchev–Trinajstić information content (AvgIpc) is 2.76. The zero-order chi connectivity index (χ0) is 13.7. The summed E-state index contributed by atoms with van der Waals surface area (Å²) in [5.41, 5.74) is 1.45. The Labute approximate surface area is 119 Å². The van der Waals surface area contributed by atoms with Crippen LogP contribution in [-0.4, -0.2) is 22.3 Å². The molecule has 0 atom stereocenters. The Hall–Kier alpha value is -1.26. The smallest absolute Gasteiger partial charge is 0.121 e.